The third kappa shape index (κ3) is 4.31. The monoisotopic (exact) mass is 645 g/mol. The molecule has 0 aliphatic heterocycles. The standard InChI is InChI=1S/C44H31N5O/c1-26-20-27(2)41(28(3)21-26)39-25-49-42-35(13-9-19-45-42)33-18-16-31(23-37(33)44(49)47-39)50-30-15-17-32-34-12-7-8-14-40(34)48-24-38(29-10-5-4-6-11-29)46-43(48)36(32)22-30/h4-25H,1-3H3. The first-order valence-corrected chi connectivity index (χ1v) is 16.8. The molecule has 6 nitrogen and oxygen atoms in total. The van der Waals surface area contributed by atoms with Crippen molar-refractivity contribution in [3.63, 3.8) is 0 Å². The van der Waals surface area contributed by atoms with Crippen LogP contribution in [-0.4, -0.2) is 23.8 Å². The molecule has 0 aliphatic carbocycles. The second-order valence-corrected chi connectivity index (χ2v) is 13.2. The number of imidazole rings is 2. The number of rotatable bonds is 4. The SMILES string of the molecule is Cc1cc(C)c(-c2cn3c4ncccc4c4ccc(Oc5ccc6c7ccccc7n7cc(-c8ccccc8)nc7c6c5)cc4c3n2)c(C)c1. The highest BCUT2D eigenvalue weighted by Gasteiger charge is 2.18. The molecule has 0 saturated carbocycles. The maximum absolute atomic E-state index is 6.66. The van der Waals surface area contributed by atoms with Gasteiger partial charge in [0.1, 0.15) is 28.4 Å². The number of pyridine rings is 3. The number of benzene rings is 5. The van der Waals surface area contributed by atoms with Crippen molar-refractivity contribution in [1.29, 1.82) is 0 Å². The molecule has 5 aromatic carbocycles. The van der Waals surface area contributed by atoms with Gasteiger partial charge >= 0.3 is 0 Å². The molecular formula is C44H31N5O. The maximum Gasteiger partial charge on any atom is 0.147 e. The van der Waals surface area contributed by atoms with E-state index >= 15 is 0 Å². The van der Waals surface area contributed by atoms with Gasteiger partial charge in [-0.25, -0.2) is 15.0 Å². The molecule has 10 aromatic rings. The minimum Gasteiger partial charge on any atom is -0.457 e. The van der Waals surface area contributed by atoms with Crippen molar-refractivity contribution < 1.29 is 4.74 Å². The molecule has 0 spiro atoms. The minimum atomic E-state index is 0.736. The number of nitrogens with zero attached hydrogens (tertiary/aromatic N) is 5. The Morgan fingerprint density at radius 1 is 0.500 bits per heavy atom. The van der Waals surface area contributed by atoms with Crippen LogP contribution in [0.1, 0.15) is 16.7 Å². The topological polar surface area (TPSA) is 56.7 Å². The summed E-state index contributed by atoms with van der Waals surface area (Å²) in [6.45, 7) is 6.45. The second-order valence-electron chi connectivity index (χ2n) is 13.2. The van der Waals surface area contributed by atoms with Gasteiger partial charge in [-0.05, 0) is 97.3 Å². The molecule has 0 atom stereocenters. The van der Waals surface area contributed by atoms with Crippen LogP contribution >= 0.6 is 0 Å². The predicted molar refractivity (Wildman–Crippen MR) is 203 cm³/mol. The summed E-state index contributed by atoms with van der Waals surface area (Å²) in [6.07, 6.45) is 6.09. The molecule has 0 radical (unpaired) electrons. The molecule has 0 fully saturated rings. The van der Waals surface area contributed by atoms with Crippen LogP contribution in [0.2, 0.25) is 0 Å². The Balaban J connectivity index is 1.14. The Morgan fingerprint density at radius 3 is 1.88 bits per heavy atom. The summed E-state index contributed by atoms with van der Waals surface area (Å²) < 4.78 is 11.0. The number of hydrogen-bond acceptors (Lipinski definition) is 4. The van der Waals surface area contributed by atoms with E-state index in [0.29, 0.717) is 0 Å². The molecule has 6 heteroatoms. The normalized spacial score (nSPS) is 11.9. The molecule has 0 amide bonds. The van der Waals surface area contributed by atoms with Gasteiger partial charge in [0, 0.05) is 51.3 Å². The van der Waals surface area contributed by atoms with Gasteiger partial charge in [0.25, 0.3) is 0 Å². The van der Waals surface area contributed by atoms with Crippen molar-refractivity contribution in [2.75, 3.05) is 0 Å². The van der Waals surface area contributed by atoms with E-state index in [2.05, 4.69) is 121 Å². The van der Waals surface area contributed by atoms with E-state index in [1.54, 1.807) is 0 Å². The smallest absolute Gasteiger partial charge is 0.147 e. The molecule has 0 unspecified atom stereocenters. The lowest BCUT2D eigenvalue weighted by Gasteiger charge is -2.12. The van der Waals surface area contributed by atoms with Crippen molar-refractivity contribution >= 4 is 54.8 Å². The summed E-state index contributed by atoms with van der Waals surface area (Å²) in [7, 11) is 0. The lowest BCUT2D eigenvalue weighted by atomic mass is 9.98. The van der Waals surface area contributed by atoms with E-state index < -0.39 is 0 Å². The van der Waals surface area contributed by atoms with Gasteiger partial charge in [-0.3, -0.25) is 8.80 Å². The average molecular weight is 646 g/mol. The molecule has 10 rings (SSSR count). The van der Waals surface area contributed by atoms with Crippen LogP contribution in [-0.2, 0) is 0 Å². The average Bonchev–Trinajstić information content (AvgIpc) is 3.78. The van der Waals surface area contributed by atoms with Crippen molar-refractivity contribution in [1.82, 2.24) is 23.8 Å². The molecule has 5 heterocycles. The van der Waals surface area contributed by atoms with Crippen molar-refractivity contribution in [2.45, 2.75) is 20.8 Å². The second kappa shape index (κ2) is 10.7. The zero-order valence-corrected chi connectivity index (χ0v) is 27.8. The molecule has 5 aromatic heterocycles. The minimum absolute atomic E-state index is 0.736. The van der Waals surface area contributed by atoms with Crippen molar-refractivity contribution in [3.8, 4) is 34.0 Å². The van der Waals surface area contributed by atoms with Crippen LogP contribution in [0.25, 0.3) is 77.3 Å². The summed E-state index contributed by atoms with van der Waals surface area (Å²) in [5.41, 5.74) is 11.5. The van der Waals surface area contributed by atoms with Crippen LogP contribution < -0.4 is 4.74 Å². The highest BCUT2D eigenvalue weighted by Crippen LogP contribution is 2.38. The lowest BCUT2D eigenvalue weighted by molar-refractivity contribution is 0.484. The maximum atomic E-state index is 6.66. The van der Waals surface area contributed by atoms with Crippen LogP contribution in [0, 0.1) is 20.8 Å². The van der Waals surface area contributed by atoms with Gasteiger partial charge < -0.3 is 4.74 Å². The van der Waals surface area contributed by atoms with E-state index in [1.807, 2.05) is 42.6 Å². The Labute approximate surface area is 287 Å². The zero-order valence-electron chi connectivity index (χ0n) is 27.8. The van der Waals surface area contributed by atoms with Crippen LogP contribution in [0.3, 0.4) is 0 Å². The molecule has 238 valence electrons. The van der Waals surface area contributed by atoms with E-state index in [-0.39, 0.29) is 0 Å². The summed E-state index contributed by atoms with van der Waals surface area (Å²) in [5, 5.41) is 6.49. The van der Waals surface area contributed by atoms with Gasteiger partial charge in [0.15, 0.2) is 0 Å². The number of ether oxygens (including phenoxy) is 1. The molecule has 50 heavy (non-hydrogen) atoms. The molecule has 0 N–H and O–H groups in total. The Bertz CT molecular complexity index is 2970. The highest BCUT2D eigenvalue weighted by atomic mass is 16.5. The van der Waals surface area contributed by atoms with E-state index in [9.17, 15) is 0 Å². The quantitative estimate of drug-likeness (QED) is 0.179. The highest BCUT2D eigenvalue weighted by molar-refractivity contribution is 6.13. The first-order chi connectivity index (χ1) is 24.5. The fraction of sp³-hybridized carbons (Fsp3) is 0.0682. The van der Waals surface area contributed by atoms with E-state index in [0.717, 1.165) is 83.4 Å². The van der Waals surface area contributed by atoms with Crippen LogP contribution in [0.5, 0.6) is 11.5 Å². The molecular weight excluding hydrogens is 615 g/mol. The third-order valence-electron chi connectivity index (χ3n) is 9.87. The van der Waals surface area contributed by atoms with E-state index in [1.165, 1.54) is 22.1 Å². The molecule has 0 aliphatic rings. The first kappa shape index (κ1) is 28.5. The lowest BCUT2D eigenvalue weighted by Crippen LogP contribution is -1.94. The first-order valence-electron chi connectivity index (χ1n) is 16.8. The Hall–Kier alpha value is -6.53. The number of aryl methyl sites for hydroxylation is 3. The Kier molecular flexibility index (Phi) is 6.12. The van der Waals surface area contributed by atoms with Gasteiger partial charge in [0.2, 0.25) is 0 Å². The van der Waals surface area contributed by atoms with E-state index in [4.69, 9.17) is 19.7 Å². The Morgan fingerprint density at radius 2 is 1.12 bits per heavy atom. The van der Waals surface area contributed by atoms with Crippen LogP contribution in [0.4, 0.5) is 0 Å². The third-order valence-corrected chi connectivity index (χ3v) is 9.87. The molecule has 0 bridgehead atoms. The van der Waals surface area contributed by atoms with Gasteiger partial charge in [0.05, 0.1) is 16.9 Å². The summed E-state index contributed by atoms with van der Waals surface area (Å²) in [5.74, 6) is 1.48. The molecule has 0 saturated heterocycles. The van der Waals surface area contributed by atoms with Crippen LogP contribution in [0.15, 0.2) is 134 Å². The van der Waals surface area contributed by atoms with Crippen molar-refractivity contribution in [3.05, 3.63) is 151 Å². The summed E-state index contributed by atoms with van der Waals surface area (Å²) in [6, 6.07) is 39.9. The summed E-state index contributed by atoms with van der Waals surface area (Å²) >= 11 is 0. The number of fused-ring (bicyclic) bond motifs is 12. The van der Waals surface area contributed by atoms with Crippen molar-refractivity contribution in [2.24, 2.45) is 0 Å². The number of aromatic nitrogens is 5. The number of para-hydroxylation sites is 1. The van der Waals surface area contributed by atoms with Gasteiger partial charge in [-0.15, -0.1) is 0 Å². The number of hydrogen-bond donors (Lipinski definition) is 0. The largest absolute Gasteiger partial charge is 0.457 e. The van der Waals surface area contributed by atoms with Gasteiger partial charge in [-0.2, -0.15) is 0 Å². The summed E-state index contributed by atoms with van der Waals surface area (Å²) in [4.78, 5) is 15.2. The van der Waals surface area contributed by atoms with Gasteiger partial charge in [-0.1, -0.05) is 66.2 Å². The predicted octanol–water partition coefficient (Wildman–Crippen LogP) is 11.0. The zero-order chi connectivity index (χ0) is 33.5. The fourth-order valence-electron chi connectivity index (χ4n) is 7.80. The fourth-order valence-corrected chi connectivity index (χ4v) is 7.80.